The minimum absolute atomic E-state index is 0.168. The molecule has 0 radical (unpaired) electrons. The molecule has 1 amide bonds. The maximum absolute atomic E-state index is 10.7. The Morgan fingerprint density at radius 1 is 1.42 bits per heavy atom. The van der Waals surface area contributed by atoms with E-state index in [2.05, 4.69) is 15.3 Å². The molecule has 0 saturated heterocycles. The van der Waals surface area contributed by atoms with E-state index in [4.69, 9.17) is 9.52 Å². The molecule has 0 aliphatic carbocycles. The zero-order chi connectivity index (χ0) is 13.2. The molecule has 0 atom stereocenters. The molecule has 3 rings (SSSR count). The SMILES string of the molecule is O=C(O)NC1=NC=CCN1c1nc2ccccc2o1. The van der Waals surface area contributed by atoms with E-state index in [1.54, 1.807) is 17.0 Å². The maximum atomic E-state index is 10.7. The lowest BCUT2D eigenvalue weighted by atomic mass is 10.3. The molecule has 0 unspecified atom stereocenters. The summed E-state index contributed by atoms with van der Waals surface area (Å²) in [6.45, 7) is 0.436. The molecule has 1 aliphatic rings. The minimum Gasteiger partial charge on any atom is -0.465 e. The molecule has 0 saturated carbocycles. The average molecular weight is 258 g/mol. The van der Waals surface area contributed by atoms with Crippen LogP contribution in [-0.2, 0) is 0 Å². The summed E-state index contributed by atoms with van der Waals surface area (Å²) in [4.78, 5) is 20.5. The summed E-state index contributed by atoms with van der Waals surface area (Å²) >= 11 is 0. The number of rotatable bonds is 1. The number of nitrogens with zero attached hydrogens (tertiary/aromatic N) is 3. The molecule has 0 bridgehead atoms. The highest BCUT2D eigenvalue weighted by Gasteiger charge is 2.21. The van der Waals surface area contributed by atoms with Crippen molar-refractivity contribution in [2.75, 3.05) is 11.4 Å². The number of para-hydroxylation sites is 2. The van der Waals surface area contributed by atoms with Crippen LogP contribution in [0.25, 0.3) is 11.1 Å². The zero-order valence-corrected chi connectivity index (χ0v) is 9.78. The number of hydrogen-bond acceptors (Lipinski definition) is 5. The van der Waals surface area contributed by atoms with Crippen molar-refractivity contribution < 1.29 is 14.3 Å². The van der Waals surface area contributed by atoms with Gasteiger partial charge in [-0.15, -0.1) is 0 Å². The number of aliphatic imine (C=N–C) groups is 1. The van der Waals surface area contributed by atoms with E-state index in [0.29, 0.717) is 23.7 Å². The van der Waals surface area contributed by atoms with Gasteiger partial charge in [0.15, 0.2) is 5.58 Å². The van der Waals surface area contributed by atoms with Crippen molar-refractivity contribution in [2.45, 2.75) is 0 Å². The van der Waals surface area contributed by atoms with Crippen molar-refractivity contribution in [3.05, 3.63) is 36.5 Å². The van der Waals surface area contributed by atoms with Crippen molar-refractivity contribution in [1.82, 2.24) is 10.3 Å². The molecule has 0 fully saturated rings. The van der Waals surface area contributed by atoms with Crippen LogP contribution in [0.2, 0.25) is 0 Å². The third kappa shape index (κ3) is 2.13. The Hall–Kier alpha value is -2.83. The smallest absolute Gasteiger partial charge is 0.411 e. The van der Waals surface area contributed by atoms with Crippen LogP contribution in [-0.4, -0.2) is 28.7 Å². The molecule has 7 nitrogen and oxygen atoms in total. The molecule has 0 spiro atoms. The summed E-state index contributed by atoms with van der Waals surface area (Å²) in [6, 6.07) is 7.63. The second-order valence-electron chi connectivity index (χ2n) is 3.84. The summed E-state index contributed by atoms with van der Waals surface area (Å²) in [5, 5.41) is 11.0. The largest absolute Gasteiger partial charge is 0.465 e. The van der Waals surface area contributed by atoms with E-state index in [-0.39, 0.29) is 5.96 Å². The third-order valence-electron chi connectivity index (χ3n) is 2.58. The van der Waals surface area contributed by atoms with Gasteiger partial charge in [0, 0.05) is 6.20 Å². The number of guanidine groups is 1. The second-order valence-corrected chi connectivity index (χ2v) is 3.84. The molecule has 7 heteroatoms. The van der Waals surface area contributed by atoms with Crippen molar-refractivity contribution in [2.24, 2.45) is 4.99 Å². The van der Waals surface area contributed by atoms with Gasteiger partial charge in [-0.1, -0.05) is 12.1 Å². The Morgan fingerprint density at radius 2 is 2.26 bits per heavy atom. The van der Waals surface area contributed by atoms with Crippen LogP contribution in [0, 0.1) is 0 Å². The lowest BCUT2D eigenvalue weighted by Crippen LogP contribution is -2.45. The van der Waals surface area contributed by atoms with E-state index in [1.165, 1.54) is 6.20 Å². The minimum atomic E-state index is -1.19. The van der Waals surface area contributed by atoms with Crippen LogP contribution >= 0.6 is 0 Å². The fourth-order valence-corrected chi connectivity index (χ4v) is 1.77. The van der Waals surface area contributed by atoms with Gasteiger partial charge in [-0.2, -0.15) is 4.98 Å². The number of amides is 1. The van der Waals surface area contributed by atoms with E-state index < -0.39 is 6.09 Å². The van der Waals surface area contributed by atoms with Crippen LogP contribution in [0.15, 0.2) is 46.0 Å². The van der Waals surface area contributed by atoms with Gasteiger partial charge in [-0.3, -0.25) is 10.2 Å². The van der Waals surface area contributed by atoms with Gasteiger partial charge in [0.1, 0.15) is 5.52 Å². The monoisotopic (exact) mass is 258 g/mol. The van der Waals surface area contributed by atoms with Gasteiger partial charge in [0.05, 0.1) is 6.54 Å². The predicted octanol–water partition coefficient (Wildman–Crippen LogP) is 1.79. The number of aromatic nitrogens is 1. The molecule has 2 N–H and O–H groups in total. The second kappa shape index (κ2) is 4.45. The van der Waals surface area contributed by atoms with E-state index in [1.807, 2.05) is 18.2 Å². The van der Waals surface area contributed by atoms with Crippen molar-refractivity contribution in [1.29, 1.82) is 0 Å². The summed E-state index contributed by atoms with van der Waals surface area (Å²) in [6.07, 6.45) is 2.13. The van der Waals surface area contributed by atoms with Crippen molar-refractivity contribution in [3.8, 4) is 0 Å². The zero-order valence-electron chi connectivity index (χ0n) is 9.78. The van der Waals surface area contributed by atoms with Crippen molar-refractivity contribution >= 4 is 29.2 Å². The number of oxazole rings is 1. The highest BCUT2D eigenvalue weighted by atomic mass is 16.4. The summed E-state index contributed by atoms with van der Waals surface area (Å²) in [5.74, 6) is 0.168. The van der Waals surface area contributed by atoms with Crippen LogP contribution in [0.3, 0.4) is 0 Å². The topological polar surface area (TPSA) is 91.0 Å². The first-order valence-corrected chi connectivity index (χ1v) is 5.60. The van der Waals surface area contributed by atoms with Gasteiger partial charge >= 0.3 is 12.1 Å². The highest BCUT2D eigenvalue weighted by molar-refractivity contribution is 6.03. The van der Waals surface area contributed by atoms with Crippen LogP contribution in [0.4, 0.5) is 10.8 Å². The fraction of sp³-hybridized carbons (Fsp3) is 0.0833. The number of fused-ring (bicyclic) bond motifs is 1. The summed E-state index contributed by atoms with van der Waals surface area (Å²) in [5.41, 5.74) is 1.35. The Kier molecular flexibility index (Phi) is 2.64. The first kappa shape index (κ1) is 11.3. The van der Waals surface area contributed by atoms with E-state index in [9.17, 15) is 4.79 Å². The summed E-state index contributed by atoms with van der Waals surface area (Å²) in [7, 11) is 0. The van der Waals surface area contributed by atoms with Gasteiger partial charge in [-0.25, -0.2) is 9.79 Å². The quantitative estimate of drug-likeness (QED) is 0.813. The molecular weight excluding hydrogens is 248 g/mol. The Labute approximate surface area is 107 Å². The van der Waals surface area contributed by atoms with Gasteiger partial charge in [0.2, 0.25) is 5.96 Å². The number of hydrogen-bond donors (Lipinski definition) is 2. The molecule has 96 valence electrons. The number of benzene rings is 1. The highest BCUT2D eigenvalue weighted by Crippen LogP contribution is 2.22. The third-order valence-corrected chi connectivity index (χ3v) is 2.58. The molecule has 1 aliphatic heterocycles. The fourth-order valence-electron chi connectivity index (χ4n) is 1.77. The average Bonchev–Trinajstić information content (AvgIpc) is 2.82. The maximum Gasteiger partial charge on any atom is 0.411 e. The Morgan fingerprint density at radius 3 is 3.05 bits per heavy atom. The first-order chi connectivity index (χ1) is 9.24. The number of carboxylic acid groups (broad SMARTS) is 1. The molecular formula is C12H10N4O3. The van der Waals surface area contributed by atoms with Crippen LogP contribution in [0.5, 0.6) is 0 Å². The molecule has 1 aromatic carbocycles. The Bertz CT molecular complexity index is 656. The van der Waals surface area contributed by atoms with Gasteiger partial charge in [0.25, 0.3) is 0 Å². The lowest BCUT2D eigenvalue weighted by molar-refractivity contribution is 0.200. The number of carbonyl (C=O) groups is 1. The molecule has 2 aromatic rings. The van der Waals surface area contributed by atoms with Crippen LogP contribution < -0.4 is 10.2 Å². The number of nitrogens with one attached hydrogen (secondary N) is 1. The van der Waals surface area contributed by atoms with Gasteiger partial charge < -0.3 is 9.52 Å². The number of anilines is 1. The first-order valence-electron chi connectivity index (χ1n) is 5.60. The standard InChI is InChI=1S/C12H10N4O3/c17-12(18)15-10-13-6-3-7-16(10)11-14-8-4-1-2-5-9(8)19-11/h1-6H,7H2,(H,13,15)(H,17,18). The predicted molar refractivity (Wildman–Crippen MR) is 69.1 cm³/mol. The van der Waals surface area contributed by atoms with E-state index in [0.717, 1.165) is 0 Å². The molecule has 19 heavy (non-hydrogen) atoms. The Balaban J connectivity index is 1.97. The van der Waals surface area contributed by atoms with Gasteiger partial charge in [-0.05, 0) is 18.2 Å². The normalized spacial score (nSPS) is 14.5. The molecule has 1 aromatic heterocycles. The summed E-state index contributed by atoms with van der Waals surface area (Å²) < 4.78 is 5.59. The van der Waals surface area contributed by atoms with Crippen molar-refractivity contribution in [3.63, 3.8) is 0 Å². The van der Waals surface area contributed by atoms with Crippen LogP contribution in [0.1, 0.15) is 0 Å². The molecule has 2 heterocycles. The lowest BCUT2D eigenvalue weighted by Gasteiger charge is -2.21. The van der Waals surface area contributed by atoms with E-state index >= 15 is 0 Å².